The molecule has 0 aromatic heterocycles. The van der Waals surface area contributed by atoms with E-state index >= 15 is 0 Å². The number of hydrogen-bond acceptors (Lipinski definition) is 4. The first-order chi connectivity index (χ1) is 13.1. The fourth-order valence-electron chi connectivity index (χ4n) is 3.51. The minimum absolute atomic E-state index is 0.0754. The Morgan fingerprint density at radius 3 is 2.56 bits per heavy atom. The van der Waals surface area contributed by atoms with Crippen LogP contribution in [-0.4, -0.2) is 29.8 Å². The first-order valence-electron chi connectivity index (χ1n) is 8.69. The van der Waals surface area contributed by atoms with Gasteiger partial charge < -0.3 is 10.1 Å². The lowest BCUT2D eigenvalue weighted by Crippen LogP contribution is -2.45. The number of carbonyl (C=O) groups excluding carboxylic acids is 3. The van der Waals surface area contributed by atoms with Crippen LogP contribution in [0.1, 0.15) is 33.2 Å². The van der Waals surface area contributed by atoms with Crippen molar-refractivity contribution in [1.29, 1.82) is 0 Å². The Kier molecular flexibility index (Phi) is 4.20. The van der Waals surface area contributed by atoms with Crippen molar-refractivity contribution in [1.82, 2.24) is 5.32 Å². The third-order valence-electron chi connectivity index (χ3n) is 4.72. The van der Waals surface area contributed by atoms with Crippen LogP contribution >= 0.6 is 0 Å². The van der Waals surface area contributed by atoms with Crippen LogP contribution < -0.4 is 5.32 Å². The zero-order valence-electron chi connectivity index (χ0n) is 14.6. The van der Waals surface area contributed by atoms with Crippen molar-refractivity contribution in [3.8, 4) is 11.1 Å². The number of fused-ring (bicyclic) bond motifs is 3. The number of amides is 1. The maximum absolute atomic E-state index is 13.0. The summed E-state index contributed by atoms with van der Waals surface area (Å²) in [7, 11) is 0. The monoisotopic (exact) mass is 359 g/mol. The van der Waals surface area contributed by atoms with Crippen LogP contribution in [0.2, 0.25) is 0 Å². The van der Waals surface area contributed by atoms with E-state index in [4.69, 9.17) is 4.74 Å². The first kappa shape index (κ1) is 17.0. The van der Waals surface area contributed by atoms with Crippen LogP contribution in [0.3, 0.4) is 0 Å². The van der Waals surface area contributed by atoms with Gasteiger partial charge in [0.1, 0.15) is 6.10 Å². The number of rotatable bonds is 3. The lowest BCUT2D eigenvalue weighted by molar-refractivity contribution is -0.142. The van der Waals surface area contributed by atoms with Crippen molar-refractivity contribution in [3.05, 3.63) is 83.5 Å². The lowest BCUT2D eigenvalue weighted by Gasteiger charge is -2.26. The fraction of sp³-hybridized carbons (Fsp3) is 0.136. The van der Waals surface area contributed by atoms with Crippen LogP contribution in [0.15, 0.2) is 66.8 Å². The van der Waals surface area contributed by atoms with Gasteiger partial charge in [0, 0.05) is 28.3 Å². The SMILES string of the molecule is C/C=C/[C@@H]1OC(=O)C=C[C@H]1NC(=O)c1cccc2c1-c1ccccc1C2=O. The Bertz CT molecular complexity index is 1020. The highest BCUT2D eigenvalue weighted by atomic mass is 16.5. The number of ether oxygens (including phenoxy) is 1. The molecule has 2 atom stereocenters. The van der Waals surface area contributed by atoms with Gasteiger partial charge in [-0.2, -0.15) is 0 Å². The zero-order chi connectivity index (χ0) is 19.0. The van der Waals surface area contributed by atoms with E-state index in [-0.39, 0.29) is 11.7 Å². The number of allylic oxidation sites excluding steroid dienone is 1. The quantitative estimate of drug-likeness (QED) is 0.576. The fourth-order valence-corrected chi connectivity index (χ4v) is 3.51. The smallest absolute Gasteiger partial charge is 0.331 e. The number of nitrogens with one attached hydrogen (secondary N) is 1. The van der Waals surface area contributed by atoms with Gasteiger partial charge in [0.2, 0.25) is 0 Å². The van der Waals surface area contributed by atoms with Crippen LogP contribution in [0.25, 0.3) is 11.1 Å². The lowest BCUT2D eigenvalue weighted by atomic mass is 9.98. The summed E-state index contributed by atoms with van der Waals surface area (Å²) in [6.07, 6.45) is 5.85. The molecule has 134 valence electrons. The van der Waals surface area contributed by atoms with Gasteiger partial charge in [-0.3, -0.25) is 9.59 Å². The Morgan fingerprint density at radius 2 is 1.78 bits per heavy atom. The van der Waals surface area contributed by atoms with Crippen molar-refractivity contribution in [3.63, 3.8) is 0 Å². The molecule has 5 heteroatoms. The number of esters is 1. The summed E-state index contributed by atoms with van der Waals surface area (Å²) >= 11 is 0. The molecule has 0 saturated heterocycles. The highest BCUT2D eigenvalue weighted by Gasteiger charge is 2.32. The molecule has 0 saturated carbocycles. The minimum Gasteiger partial charge on any atom is -0.452 e. The predicted molar refractivity (Wildman–Crippen MR) is 100 cm³/mol. The average Bonchev–Trinajstić information content (AvgIpc) is 2.97. The summed E-state index contributed by atoms with van der Waals surface area (Å²) in [5.41, 5.74) is 2.97. The van der Waals surface area contributed by atoms with Gasteiger partial charge in [0.25, 0.3) is 5.91 Å². The molecule has 1 N–H and O–H groups in total. The van der Waals surface area contributed by atoms with E-state index in [9.17, 15) is 14.4 Å². The van der Waals surface area contributed by atoms with Gasteiger partial charge in [-0.15, -0.1) is 0 Å². The molecule has 5 nitrogen and oxygen atoms in total. The molecule has 1 amide bonds. The summed E-state index contributed by atoms with van der Waals surface area (Å²) in [5, 5.41) is 2.90. The molecule has 2 aromatic rings. The molecule has 27 heavy (non-hydrogen) atoms. The van der Waals surface area contributed by atoms with E-state index in [1.54, 1.807) is 42.5 Å². The Labute approximate surface area is 156 Å². The van der Waals surface area contributed by atoms with Crippen LogP contribution in [-0.2, 0) is 9.53 Å². The molecular weight excluding hydrogens is 342 g/mol. The van der Waals surface area contributed by atoms with Crippen molar-refractivity contribution in [2.45, 2.75) is 19.1 Å². The first-order valence-corrected chi connectivity index (χ1v) is 8.69. The summed E-state index contributed by atoms with van der Waals surface area (Å²) in [6.45, 7) is 1.82. The third-order valence-corrected chi connectivity index (χ3v) is 4.72. The molecule has 1 aliphatic carbocycles. The number of ketones is 1. The molecule has 2 aliphatic rings. The number of cyclic esters (lactones) is 1. The van der Waals surface area contributed by atoms with Crippen molar-refractivity contribution >= 4 is 17.7 Å². The van der Waals surface area contributed by atoms with E-state index in [2.05, 4.69) is 5.32 Å². The molecule has 1 heterocycles. The normalized spacial score (nSPS) is 20.3. The van der Waals surface area contributed by atoms with Gasteiger partial charge in [0.15, 0.2) is 5.78 Å². The number of carbonyl (C=O) groups is 3. The van der Waals surface area contributed by atoms with Gasteiger partial charge in [0.05, 0.1) is 6.04 Å². The topological polar surface area (TPSA) is 72.5 Å². The van der Waals surface area contributed by atoms with E-state index in [1.807, 2.05) is 25.1 Å². The second-order valence-corrected chi connectivity index (χ2v) is 6.39. The summed E-state index contributed by atoms with van der Waals surface area (Å²) < 4.78 is 5.26. The van der Waals surface area contributed by atoms with E-state index < -0.39 is 18.1 Å². The summed E-state index contributed by atoms with van der Waals surface area (Å²) in [4.78, 5) is 37.1. The van der Waals surface area contributed by atoms with Crippen molar-refractivity contribution < 1.29 is 19.1 Å². The van der Waals surface area contributed by atoms with Crippen LogP contribution in [0.5, 0.6) is 0 Å². The third kappa shape index (κ3) is 2.87. The van der Waals surface area contributed by atoms with Crippen LogP contribution in [0, 0.1) is 0 Å². The van der Waals surface area contributed by atoms with Gasteiger partial charge in [-0.1, -0.05) is 48.6 Å². The van der Waals surface area contributed by atoms with E-state index in [1.165, 1.54) is 6.08 Å². The highest BCUT2D eigenvalue weighted by Crippen LogP contribution is 2.38. The molecule has 0 spiro atoms. The van der Waals surface area contributed by atoms with Crippen molar-refractivity contribution in [2.24, 2.45) is 0 Å². The van der Waals surface area contributed by atoms with Crippen molar-refractivity contribution in [2.75, 3.05) is 0 Å². The van der Waals surface area contributed by atoms with E-state index in [0.29, 0.717) is 22.3 Å². The Balaban J connectivity index is 1.70. The summed E-state index contributed by atoms with van der Waals surface area (Å²) in [6, 6.07) is 11.9. The second-order valence-electron chi connectivity index (χ2n) is 6.39. The Morgan fingerprint density at radius 1 is 1.04 bits per heavy atom. The molecule has 0 radical (unpaired) electrons. The predicted octanol–water partition coefficient (Wildman–Crippen LogP) is 3.05. The second kappa shape index (κ2) is 6.68. The van der Waals surface area contributed by atoms with Crippen LogP contribution in [0.4, 0.5) is 0 Å². The zero-order valence-corrected chi connectivity index (χ0v) is 14.6. The highest BCUT2D eigenvalue weighted by molar-refractivity contribution is 6.24. The molecule has 0 unspecified atom stereocenters. The summed E-state index contributed by atoms with van der Waals surface area (Å²) in [5.74, 6) is -0.837. The minimum atomic E-state index is -0.567. The number of hydrogen-bond donors (Lipinski definition) is 1. The molecule has 0 bridgehead atoms. The molecule has 1 aliphatic heterocycles. The van der Waals surface area contributed by atoms with Gasteiger partial charge >= 0.3 is 5.97 Å². The molecule has 2 aromatic carbocycles. The molecule has 0 fully saturated rings. The average molecular weight is 359 g/mol. The molecule has 4 rings (SSSR count). The van der Waals surface area contributed by atoms with E-state index in [0.717, 1.165) is 5.56 Å². The van der Waals surface area contributed by atoms with Gasteiger partial charge in [-0.25, -0.2) is 4.79 Å². The van der Waals surface area contributed by atoms with Gasteiger partial charge in [-0.05, 0) is 24.6 Å². The Hall–Kier alpha value is -3.47. The largest absolute Gasteiger partial charge is 0.452 e. The maximum Gasteiger partial charge on any atom is 0.331 e. The molecular formula is C22H17NO4. The standard InChI is InChI=1S/C22H17NO4/c1-2-6-18-17(11-12-19(24)27-18)23-22(26)16-10-5-9-15-20(16)13-7-3-4-8-14(13)21(15)25/h2-12,17-18H,1H3,(H,23,26)/b6-2+/t17-,18+/m1/s1. The maximum atomic E-state index is 13.0. The number of benzene rings is 2.